The molecule has 0 aliphatic carbocycles. The second kappa shape index (κ2) is 5.40. The van der Waals surface area contributed by atoms with Crippen LogP contribution in [0.4, 0.5) is 8.78 Å². The summed E-state index contributed by atoms with van der Waals surface area (Å²) < 4.78 is 25.9. The first kappa shape index (κ1) is 13.5. The average molecular weight is 264 g/mol. The van der Waals surface area contributed by atoms with Gasteiger partial charge in [-0.1, -0.05) is 6.07 Å². The zero-order chi connectivity index (χ0) is 14.0. The third kappa shape index (κ3) is 3.12. The van der Waals surface area contributed by atoms with E-state index in [0.717, 1.165) is 12.1 Å². The van der Waals surface area contributed by atoms with Gasteiger partial charge < -0.3 is 5.11 Å². The van der Waals surface area contributed by atoms with E-state index in [4.69, 9.17) is 0 Å². The van der Waals surface area contributed by atoms with Crippen LogP contribution >= 0.6 is 0 Å². The Morgan fingerprint density at radius 1 is 1.11 bits per heavy atom. The first-order chi connectivity index (χ1) is 8.97. The Morgan fingerprint density at radius 3 is 2.53 bits per heavy atom. The van der Waals surface area contributed by atoms with E-state index in [1.54, 1.807) is 19.9 Å². The normalized spacial score (nSPS) is 12.5. The van der Waals surface area contributed by atoms with Crippen molar-refractivity contribution in [2.24, 2.45) is 0 Å². The Kier molecular flexibility index (Phi) is 3.85. The van der Waals surface area contributed by atoms with Gasteiger partial charge in [0.15, 0.2) is 11.6 Å². The summed E-state index contributed by atoms with van der Waals surface area (Å²) in [4.78, 5) is 0. The predicted molar refractivity (Wildman–Crippen MR) is 66.5 cm³/mol. The van der Waals surface area contributed by atoms with Crippen LogP contribution in [0.3, 0.4) is 0 Å². The maximum Gasteiger partial charge on any atom is 0.159 e. The maximum atomic E-state index is 13.1. The molecule has 2 rings (SSSR count). The SMILES string of the molecule is Cc1cc(C(O)Cc2ccc(F)c(F)c2)c(C)nn1. The molecular weight excluding hydrogens is 250 g/mol. The number of aliphatic hydroxyl groups is 1. The molecule has 0 aliphatic heterocycles. The van der Waals surface area contributed by atoms with E-state index >= 15 is 0 Å². The number of rotatable bonds is 3. The van der Waals surface area contributed by atoms with Gasteiger partial charge in [-0.2, -0.15) is 10.2 Å². The third-order valence-corrected chi connectivity index (χ3v) is 2.91. The topological polar surface area (TPSA) is 46.0 Å². The van der Waals surface area contributed by atoms with E-state index in [-0.39, 0.29) is 6.42 Å². The van der Waals surface area contributed by atoms with Crippen molar-refractivity contribution in [3.05, 3.63) is 58.4 Å². The van der Waals surface area contributed by atoms with E-state index in [1.165, 1.54) is 6.07 Å². The van der Waals surface area contributed by atoms with E-state index in [2.05, 4.69) is 10.2 Å². The number of aryl methyl sites for hydroxylation is 2. The Hall–Kier alpha value is -1.88. The summed E-state index contributed by atoms with van der Waals surface area (Å²) in [7, 11) is 0. The molecule has 0 aliphatic rings. The largest absolute Gasteiger partial charge is 0.388 e. The molecule has 1 atom stereocenters. The minimum atomic E-state index is -0.912. The number of aromatic nitrogens is 2. The van der Waals surface area contributed by atoms with Gasteiger partial charge in [-0.05, 0) is 37.6 Å². The fourth-order valence-electron chi connectivity index (χ4n) is 1.91. The fourth-order valence-corrected chi connectivity index (χ4v) is 1.91. The molecule has 5 heteroatoms. The lowest BCUT2D eigenvalue weighted by Gasteiger charge is -2.13. The van der Waals surface area contributed by atoms with Crippen LogP contribution < -0.4 is 0 Å². The fraction of sp³-hybridized carbons (Fsp3) is 0.286. The highest BCUT2D eigenvalue weighted by molar-refractivity contribution is 5.26. The second-order valence-corrected chi connectivity index (χ2v) is 4.49. The predicted octanol–water partition coefficient (Wildman–Crippen LogP) is 2.65. The summed E-state index contributed by atoms with van der Waals surface area (Å²) in [5.41, 5.74) is 2.50. The number of benzene rings is 1. The van der Waals surface area contributed by atoms with Crippen molar-refractivity contribution in [3.8, 4) is 0 Å². The smallest absolute Gasteiger partial charge is 0.159 e. The summed E-state index contributed by atoms with van der Waals surface area (Å²) >= 11 is 0. The molecular formula is C14H14F2N2O. The van der Waals surface area contributed by atoms with E-state index in [0.29, 0.717) is 22.5 Å². The number of hydrogen-bond acceptors (Lipinski definition) is 3. The molecule has 3 nitrogen and oxygen atoms in total. The van der Waals surface area contributed by atoms with Gasteiger partial charge in [0.25, 0.3) is 0 Å². The molecule has 0 radical (unpaired) electrons. The van der Waals surface area contributed by atoms with Crippen LogP contribution in [0.2, 0.25) is 0 Å². The minimum Gasteiger partial charge on any atom is -0.388 e. The summed E-state index contributed by atoms with van der Waals surface area (Å²) in [6.07, 6.45) is -0.623. The van der Waals surface area contributed by atoms with Crippen molar-refractivity contribution in [2.75, 3.05) is 0 Å². The van der Waals surface area contributed by atoms with Crippen molar-refractivity contribution in [2.45, 2.75) is 26.4 Å². The van der Waals surface area contributed by atoms with E-state index in [1.807, 2.05) is 0 Å². The molecule has 0 saturated heterocycles. The monoisotopic (exact) mass is 264 g/mol. The average Bonchev–Trinajstić information content (AvgIpc) is 2.36. The van der Waals surface area contributed by atoms with Crippen LogP contribution in [0, 0.1) is 25.5 Å². The van der Waals surface area contributed by atoms with Crippen molar-refractivity contribution in [3.63, 3.8) is 0 Å². The highest BCUT2D eigenvalue weighted by atomic mass is 19.2. The van der Waals surface area contributed by atoms with Crippen molar-refractivity contribution in [1.82, 2.24) is 10.2 Å². The van der Waals surface area contributed by atoms with Crippen molar-refractivity contribution in [1.29, 1.82) is 0 Å². The quantitative estimate of drug-likeness (QED) is 0.927. The zero-order valence-electron chi connectivity index (χ0n) is 10.7. The molecule has 1 aromatic heterocycles. The standard InChI is InChI=1S/C14H14F2N2O/c1-8-5-11(9(2)18-17-8)14(19)7-10-3-4-12(15)13(16)6-10/h3-6,14,19H,7H2,1-2H3. The Balaban J connectivity index is 2.22. The molecule has 0 spiro atoms. The molecule has 19 heavy (non-hydrogen) atoms. The Labute approximate surface area is 109 Å². The van der Waals surface area contributed by atoms with Gasteiger partial charge >= 0.3 is 0 Å². The first-order valence-electron chi connectivity index (χ1n) is 5.90. The van der Waals surface area contributed by atoms with Crippen molar-refractivity contribution >= 4 is 0 Å². The molecule has 1 unspecified atom stereocenters. The van der Waals surface area contributed by atoms with Crippen LogP contribution in [0.1, 0.15) is 28.6 Å². The molecule has 2 aromatic rings. The summed E-state index contributed by atoms with van der Waals surface area (Å²) in [6.45, 7) is 3.52. The summed E-state index contributed by atoms with van der Waals surface area (Å²) in [5, 5.41) is 18.0. The van der Waals surface area contributed by atoms with Gasteiger partial charge in [0, 0.05) is 12.0 Å². The van der Waals surface area contributed by atoms with Gasteiger partial charge in [-0.15, -0.1) is 0 Å². The lowest BCUT2D eigenvalue weighted by Crippen LogP contribution is -2.07. The van der Waals surface area contributed by atoms with Gasteiger partial charge in [-0.3, -0.25) is 0 Å². The first-order valence-corrected chi connectivity index (χ1v) is 5.90. The Morgan fingerprint density at radius 2 is 1.84 bits per heavy atom. The van der Waals surface area contributed by atoms with E-state index in [9.17, 15) is 13.9 Å². The van der Waals surface area contributed by atoms with Crippen LogP contribution in [0.25, 0.3) is 0 Å². The third-order valence-electron chi connectivity index (χ3n) is 2.91. The van der Waals surface area contributed by atoms with Gasteiger partial charge in [-0.25, -0.2) is 8.78 Å². The summed E-state index contributed by atoms with van der Waals surface area (Å²) in [5.74, 6) is -1.80. The number of hydrogen-bond donors (Lipinski definition) is 1. The van der Waals surface area contributed by atoms with Crippen LogP contribution in [0.5, 0.6) is 0 Å². The van der Waals surface area contributed by atoms with Gasteiger partial charge in [0.1, 0.15) is 0 Å². The maximum absolute atomic E-state index is 13.1. The molecule has 0 saturated carbocycles. The van der Waals surface area contributed by atoms with Crippen LogP contribution in [-0.4, -0.2) is 15.3 Å². The molecule has 0 fully saturated rings. The van der Waals surface area contributed by atoms with E-state index < -0.39 is 17.7 Å². The van der Waals surface area contributed by atoms with Gasteiger partial charge in [0.05, 0.1) is 17.5 Å². The number of nitrogens with zero attached hydrogens (tertiary/aromatic N) is 2. The lowest BCUT2D eigenvalue weighted by atomic mass is 10.0. The molecule has 100 valence electrons. The summed E-state index contributed by atoms with van der Waals surface area (Å²) in [6, 6.07) is 5.35. The number of aliphatic hydroxyl groups excluding tert-OH is 1. The molecule has 1 heterocycles. The van der Waals surface area contributed by atoms with Crippen LogP contribution in [0.15, 0.2) is 24.3 Å². The minimum absolute atomic E-state index is 0.198. The second-order valence-electron chi connectivity index (χ2n) is 4.49. The highest BCUT2D eigenvalue weighted by Gasteiger charge is 2.14. The lowest BCUT2D eigenvalue weighted by molar-refractivity contribution is 0.176. The van der Waals surface area contributed by atoms with Gasteiger partial charge in [0.2, 0.25) is 0 Å². The van der Waals surface area contributed by atoms with Crippen molar-refractivity contribution < 1.29 is 13.9 Å². The molecule has 0 bridgehead atoms. The molecule has 1 N–H and O–H groups in total. The molecule has 0 amide bonds. The molecule has 1 aromatic carbocycles. The highest BCUT2D eigenvalue weighted by Crippen LogP contribution is 2.21. The zero-order valence-corrected chi connectivity index (χ0v) is 10.7. The Bertz CT molecular complexity index is 602. The van der Waals surface area contributed by atoms with Crippen LogP contribution in [-0.2, 0) is 6.42 Å². The number of halogens is 2.